The standard InChI is InChI=1S/C12H16N4O2S/c13-12(19)15-10-4-3-9(6-14-10)16-5-1-2-8(7-16)11(17)18/h3-4,6,8H,1-2,5,7H2,(H,17,18)(H3,13,14,15,19). The summed E-state index contributed by atoms with van der Waals surface area (Å²) in [7, 11) is 0. The van der Waals surface area contributed by atoms with Gasteiger partial charge in [-0.25, -0.2) is 4.98 Å². The van der Waals surface area contributed by atoms with E-state index in [9.17, 15) is 4.79 Å². The van der Waals surface area contributed by atoms with Gasteiger partial charge in [-0.15, -0.1) is 0 Å². The first kappa shape index (κ1) is 13.5. The molecule has 1 unspecified atom stereocenters. The highest BCUT2D eigenvalue weighted by Gasteiger charge is 2.25. The number of piperidine rings is 1. The summed E-state index contributed by atoms with van der Waals surface area (Å²) in [4.78, 5) is 17.3. The molecule has 1 fully saturated rings. The van der Waals surface area contributed by atoms with Crippen molar-refractivity contribution in [3.63, 3.8) is 0 Å². The zero-order chi connectivity index (χ0) is 13.8. The number of nitrogens with two attached hydrogens (primary N) is 1. The number of carboxylic acid groups (broad SMARTS) is 1. The average Bonchev–Trinajstić information content (AvgIpc) is 2.39. The quantitative estimate of drug-likeness (QED) is 0.712. The molecule has 1 aromatic rings. The Morgan fingerprint density at radius 3 is 2.95 bits per heavy atom. The number of nitrogens with one attached hydrogen (secondary N) is 1. The van der Waals surface area contributed by atoms with Crippen LogP contribution in [0, 0.1) is 5.92 Å². The fourth-order valence-corrected chi connectivity index (χ4v) is 2.29. The Kier molecular flexibility index (Phi) is 4.16. The maximum atomic E-state index is 11.0. The Bertz CT molecular complexity index is 477. The van der Waals surface area contributed by atoms with Crippen LogP contribution in [0.15, 0.2) is 18.3 Å². The van der Waals surface area contributed by atoms with Crippen LogP contribution in [-0.4, -0.2) is 34.3 Å². The summed E-state index contributed by atoms with van der Waals surface area (Å²) in [5, 5.41) is 12.0. The summed E-state index contributed by atoms with van der Waals surface area (Å²) >= 11 is 4.73. The van der Waals surface area contributed by atoms with Crippen molar-refractivity contribution in [1.82, 2.24) is 4.98 Å². The SMILES string of the molecule is NC(=S)Nc1ccc(N2CCCC(C(=O)O)C2)cn1. The second-order valence-corrected chi connectivity index (χ2v) is 4.95. The van der Waals surface area contributed by atoms with Crippen LogP contribution >= 0.6 is 12.2 Å². The van der Waals surface area contributed by atoms with Gasteiger partial charge in [0.1, 0.15) is 5.82 Å². The zero-order valence-corrected chi connectivity index (χ0v) is 11.2. The van der Waals surface area contributed by atoms with Gasteiger partial charge in [-0.3, -0.25) is 4.79 Å². The molecule has 0 bridgehead atoms. The lowest BCUT2D eigenvalue weighted by Crippen LogP contribution is -2.38. The normalized spacial score (nSPS) is 18.9. The molecule has 2 rings (SSSR count). The maximum Gasteiger partial charge on any atom is 0.308 e. The second kappa shape index (κ2) is 5.83. The molecular weight excluding hydrogens is 264 g/mol. The number of hydrogen-bond donors (Lipinski definition) is 3. The molecule has 7 heteroatoms. The Labute approximate surface area is 116 Å². The first-order valence-electron chi connectivity index (χ1n) is 6.06. The van der Waals surface area contributed by atoms with Crippen molar-refractivity contribution < 1.29 is 9.90 Å². The summed E-state index contributed by atoms with van der Waals surface area (Å²) in [6, 6.07) is 3.66. The van der Waals surface area contributed by atoms with E-state index in [0.29, 0.717) is 12.4 Å². The zero-order valence-electron chi connectivity index (χ0n) is 10.4. The minimum atomic E-state index is -0.732. The smallest absolute Gasteiger partial charge is 0.308 e. The summed E-state index contributed by atoms with van der Waals surface area (Å²) in [6.45, 7) is 1.38. The predicted octanol–water partition coefficient (Wildman–Crippen LogP) is 1.04. The summed E-state index contributed by atoms with van der Waals surface area (Å²) in [5.74, 6) is -0.448. The molecule has 1 saturated heterocycles. The van der Waals surface area contributed by atoms with E-state index in [1.165, 1.54) is 0 Å². The van der Waals surface area contributed by atoms with Crippen molar-refractivity contribution in [3.8, 4) is 0 Å². The van der Waals surface area contributed by atoms with Crippen molar-refractivity contribution in [3.05, 3.63) is 18.3 Å². The number of nitrogens with zero attached hydrogens (tertiary/aromatic N) is 2. The number of aromatic nitrogens is 1. The van der Waals surface area contributed by atoms with Gasteiger partial charge in [0.15, 0.2) is 5.11 Å². The molecule has 1 aliphatic heterocycles. The number of carbonyl (C=O) groups is 1. The van der Waals surface area contributed by atoms with Gasteiger partial charge < -0.3 is 21.1 Å². The fraction of sp³-hybridized carbons (Fsp3) is 0.417. The molecular formula is C12H16N4O2S. The fourth-order valence-electron chi connectivity index (χ4n) is 2.19. The molecule has 19 heavy (non-hydrogen) atoms. The topological polar surface area (TPSA) is 91.5 Å². The molecule has 0 aromatic carbocycles. The average molecular weight is 280 g/mol. The third-order valence-electron chi connectivity index (χ3n) is 3.13. The highest BCUT2D eigenvalue weighted by molar-refractivity contribution is 7.80. The van der Waals surface area contributed by atoms with Crippen molar-refractivity contribution in [1.29, 1.82) is 0 Å². The number of hydrogen-bond acceptors (Lipinski definition) is 4. The van der Waals surface area contributed by atoms with Crippen LogP contribution in [0.2, 0.25) is 0 Å². The molecule has 0 amide bonds. The van der Waals surface area contributed by atoms with Gasteiger partial charge in [-0.2, -0.15) is 0 Å². The molecule has 1 aliphatic rings. The summed E-state index contributed by atoms with van der Waals surface area (Å²) in [5.41, 5.74) is 6.28. The number of pyridine rings is 1. The Balaban J connectivity index is 2.05. The Morgan fingerprint density at radius 1 is 1.58 bits per heavy atom. The van der Waals surface area contributed by atoms with Gasteiger partial charge in [0.05, 0.1) is 17.8 Å². The molecule has 6 nitrogen and oxygen atoms in total. The van der Waals surface area contributed by atoms with Gasteiger partial charge in [-0.05, 0) is 37.2 Å². The van der Waals surface area contributed by atoms with Gasteiger partial charge >= 0.3 is 5.97 Å². The van der Waals surface area contributed by atoms with E-state index in [1.807, 2.05) is 11.0 Å². The molecule has 0 saturated carbocycles. The molecule has 1 atom stereocenters. The molecule has 2 heterocycles. The Hall–Kier alpha value is -1.89. The van der Waals surface area contributed by atoms with Crippen LogP contribution in [0.25, 0.3) is 0 Å². The van der Waals surface area contributed by atoms with Crippen LogP contribution in [0.4, 0.5) is 11.5 Å². The molecule has 0 radical (unpaired) electrons. The number of rotatable bonds is 3. The van der Waals surface area contributed by atoms with Gasteiger partial charge in [0.2, 0.25) is 0 Å². The first-order valence-corrected chi connectivity index (χ1v) is 6.47. The van der Waals surface area contributed by atoms with E-state index >= 15 is 0 Å². The lowest BCUT2D eigenvalue weighted by Gasteiger charge is -2.32. The monoisotopic (exact) mass is 280 g/mol. The largest absolute Gasteiger partial charge is 0.481 e. The van der Waals surface area contributed by atoms with E-state index in [-0.39, 0.29) is 11.0 Å². The predicted molar refractivity (Wildman–Crippen MR) is 77.2 cm³/mol. The van der Waals surface area contributed by atoms with Crippen molar-refractivity contribution in [2.45, 2.75) is 12.8 Å². The molecule has 1 aromatic heterocycles. The van der Waals surface area contributed by atoms with Crippen LogP contribution in [-0.2, 0) is 4.79 Å². The third kappa shape index (κ3) is 3.54. The molecule has 0 spiro atoms. The number of anilines is 2. The minimum absolute atomic E-state index is 0.171. The third-order valence-corrected chi connectivity index (χ3v) is 3.24. The summed E-state index contributed by atoms with van der Waals surface area (Å²) < 4.78 is 0. The summed E-state index contributed by atoms with van der Waals surface area (Å²) in [6.07, 6.45) is 3.31. The second-order valence-electron chi connectivity index (χ2n) is 4.51. The molecule has 0 aliphatic carbocycles. The highest BCUT2D eigenvalue weighted by atomic mass is 32.1. The van der Waals surface area contributed by atoms with Gasteiger partial charge in [-0.1, -0.05) is 0 Å². The van der Waals surface area contributed by atoms with Crippen molar-refractivity contribution in [2.24, 2.45) is 11.7 Å². The maximum absolute atomic E-state index is 11.0. The van der Waals surface area contributed by atoms with Crippen molar-refractivity contribution >= 4 is 34.8 Å². The molecule has 102 valence electrons. The van der Waals surface area contributed by atoms with E-state index < -0.39 is 5.97 Å². The lowest BCUT2D eigenvalue weighted by molar-refractivity contribution is -0.141. The van der Waals surface area contributed by atoms with Crippen LogP contribution in [0.3, 0.4) is 0 Å². The van der Waals surface area contributed by atoms with Gasteiger partial charge in [0, 0.05) is 13.1 Å². The van der Waals surface area contributed by atoms with Gasteiger partial charge in [0.25, 0.3) is 0 Å². The van der Waals surface area contributed by atoms with Crippen LogP contribution in [0.1, 0.15) is 12.8 Å². The van der Waals surface area contributed by atoms with Crippen LogP contribution in [0.5, 0.6) is 0 Å². The number of thiocarbonyl (C=S) groups is 1. The van der Waals surface area contributed by atoms with E-state index in [1.54, 1.807) is 12.3 Å². The van der Waals surface area contributed by atoms with E-state index in [0.717, 1.165) is 25.1 Å². The highest BCUT2D eigenvalue weighted by Crippen LogP contribution is 2.23. The van der Waals surface area contributed by atoms with Crippen LogP contribution < -0.4 is 16.0 Å². The number of carboxylic acids is 1. The Morgan fingerprint density at radius 2 is 2.37 bits per heavy atom. The first-order chi connectivity index (χ1) is 9.06. The van der Waals surface area contributed by atoms with E-state index in [4.69, 9.17) is 23.1 Å². The molecule has 4 N–H and O–H groups in total. The lowest BCUT2D eigenvalue weighted by atomic mass is 9.98. The van der Waals surface area contributed by atoms with E-state index in [2.05, 4.69) is 10.3 Å². The minimum Gasteiger partial charge on any atom is -0.481 e. The number of aliphatic carboxylic acids is 1. The van der Waals surface area contributed by atoms with Crippen molar-refractivity contribution in [2.75, 3.05) is 23.3 Å².